The van der Waals surface area contributed by atoms with Crippen LogP contribution in [0.3, 0.4) is 0 Å². The molecule has 0 saturated heterocycles. The minimum absolute atomic E-state index is 0.833. The van der Waals surface area contributed by atoms with Crippen LogP contribution in [0.15, 0.2) is 29.2 Å². The largest absolute Gasteiger partial charge is 0.319 e. The van der Waals surface area contributed by atoms with Crippen LogP contribution in [0.25, 0.3) is 0 Å². The van der Waals surface area contributed by atoms with Crippen molar-refractivity contribution in [3.63, 3.8) is 0 Å². The molecule has 0 radical (unpaired) electrons. The van der Waals surface area contributed by atoms with Gasteiger partial charge in [0.1, 0.15) is 0 Å². The van der Waals surface area contributed by atoms with Crippen LogP contribution in [0.5, 0.6) is 0 Å². The molecule has 1 aromatic carbocycles. The molecule has 2 aliphatic rings. The molecule has 3 rings (SSSR count). The molecule has 1 heterocycles. The first-order chi connectivity index (χ1) is 9.36. The Kier molecular flexibility index (Phi) is 4.49. The molecule has 0 bridgehead atoms. The van der Waals surface area contributed by atoms with Crippen LogP contribution in [0.2, 0.25) is 0 Å². The molecule has 1 N–H and O–H groups in total. The predicted octanol–water partition coefficient (Wildman–Crippen LogP) is 4.12. The lowest BCUT2D eigenvalue weighted by Gasteiger charge is -2.33. The van der Waals surface area contributed by atoms with E-state index < -0.39 is 0 Å². The lowest BCUT2D eigenvalue weighted by atomic mass is 9.76. The zero-order chi connectivity index (χ0) is 13.1. The number of fused-ring (bicyclic) bond motifs is 1. The van der Waals surface area contributed by atoms with Gasteiger partial charge in [0.15, 0.2) is 0 Å². The Hall–Kier alpha value is -0.470. The van der Waals surface area contributed by atoms with Crippen LogP contribution in [0.1, 0.15) is 37.7 Å². The Morgan fingerprint density at radius 2 is 1.95 bits per heavy atom. The van der Waals surface area contributed by atoms with Crippen molar-refractivity contribution in [3.8, 4) is 0 Å². The van der Waals surface area contributed by atoms with E-state index in [0.717, 1.165) is 17.1 Å². The van der Waals surface area contributed by atoms with Gasteiger partial charge in [-0.15, -0.1) is 11.8 Å². The second kappa shape index (κ2) is 6.32. The van der Waals surface area contributed by atoms with E-state index in [1.54, 1.807) is 5.56 Å². The van der Waals surface area contributed by atoms with Crippen LogP contribution in [0, 0.1) is 11.8 Å². The predicted molar refractivity (Wildman–Crippen MR) is 83.8 cm³/mol. The quantitative estimate of drug-likeness (QED) is 0.887. The highest BCUT2D eigenvalue weighted by atomic mass is 32.2. The molecule has 0 spiro atoms. The fourth-order valence-electron chi connectivity index (χ4n) is 3.85. The van der Waals surface area contributed by atoms with Crippen LogP contribution < -0.4 is 5.32 Å². The summed E-state index contributed by atoms with van der Waals surface area (Å²) in [5.74, 6) is 1.87. The summed E-state index contributed by atoms with van der Waals surface area (Å²) in [5, 5.41) is 4.24. The van der Waals surface area contributed by atoms with Crippen molar-refractivity contribution >= 4 is 11.8 Å². The van der Waals surface area contributed by atoms with E-state index in [-0.39, 0.29) is 0 Å². The molecule has 3 atom stereocenters. The van der Waals surface area contributed by atoms with Crippen molar-refractivity contribution in [2.75, 3.05) is 13.6 Å². The summed E-state index contributed by atoms with van der Waals surface area (Å²) in [6.07, 6.45) is 8.51. The number of hydrogen-bond acceptors (Lipinski definition) is 2. The molecular weight excluding hydrogens is 250 g/mol. The summed E-state index contributed by atoms with van der Waals surface area (Å²) in [5.41, 5.74) is 1.58. The van der Waals surface area contributed by atoms with Gasteiger partial charge in [-0.1, -0.05) is 37.5 Å². The lowest BCUT2D eigenvalue weighted by molar-refractivity contribution is 0.220. The van der Waals surface area contributed by atoms with Gasteiger partial charge < -0.3 is 5.32 Å². The molecule has 1 saturated carbocycles. The van der Waals surface area contributed by atoms with Crippen molar-refractivity contribution < 1.29 is 0 Å². The molecule has 1 aromatic rings. The van der Waals surface area contributed by atoms with Gasteiger partial charge in [-0.25, -0.2) is 0 Å². The van der Waals surface area contributed by atoms with Gasteiger partial charge >= 0.3 is 0 Å². The van der Waals surface area contributed by atoms with E-state index >= 15 is 0 Å². The van der Waals surface area contributed by atoms with Crippen LogP contribution in [-0.4, -0.2) is 18.8 Å². The summed E-state index contributed by atoms with van der Waals surface area (Å²) in [6, 6.07) is 8.98. The SMILES string of the molecule is CNCC1CCCCC1CC1Cc2ccccc2S1. The van der Waals surface area contributed by atoms with Crippen molar-refractivity contribution in [2.24, 2.45) is 11.8 Å². The first-order valence-corrected chi connectivity index (χ1v) is 8.64. The minimum atomic E-state index is 0.833. The first-order valence-electron chi connectivity index (χ1n) is 7.76. The van der Waals surface area contributed by atoms with E-state index in [4.69, 9.17) is 0 Å². The average molecular weight is 275 g/mol. The van der Waals surface area contributed by atoms with E-state index in [0.29, 0.717) is 0 Å². The Morgan fingerprint density at radius 3 is 2.74 bits per heavy atom. The Morgan fingerprint density at radius 1 is 1.16 bits per heavy atom. The van der Waals surface area contributed by atoms with Crippen molar-refractivity contribution in [2.45, 2.75) is 48.7 Å². The summed E-state index contributed by atoms with van der Waals surface area (Å²) >= 11 is 2.13. The minimum Gasteiger partial charge on any atom is -0.319 e. The molecule has 0 amide bonds. The topological polar surface area (TPSA) is 12.0 Å². The third-order valence-electron chi connectivity index (χ3n) is 4.81. The summed E-state index contributed by atoms with van der Waals surface area (Å²) in [6.45, 7) is 1.22. The number of benzene rings is 1. The molecule has 2 heteroatoms. The Bertz CT molecular complexity index is 390. The number of hydrogen-bond donors (Lipinski definition) is 1. The molecule has 1 aliphatic heterocycles. The van der Waals surface area contributed by atoms with E-state index in [9.17, 15) is 0 Å². The van der Waals surface area contributed by atoms with Crippen molar-refractivity contribution in [1.29, 1.82) is 0 Å². The van der Waals surface area contributed by atoms with Crippen LogP contribution in [0.4, 0.5) is 0 Å². The first kappa shape index (κ1) is 13.5. The molecule has 0 aromatic heterocycles. The van der Waals surface area contributed by atoms with Crippen LogP contribution >= 0.6 is 11.8 Å². The van der Waals surface area contributed by atoms with Gasteiger partial charge in [-0.3, -0.25) is 0 Å². The number of rotatable bonds is 4. The lowest BCUT2D eigenvalue weighted by Crippen LogP contribution is -2.30. The normalized spacial score (nSPS) is 30.3. The Balaban J connectivity index is 1.60. The van der Waals surface area contributed by atoms with Gasteiger partial charge in [0.25, 0.3) is 0 Å². The molecule has 104 valence electrons. The van der Waals surface area contributed by atoms with Crippen molar-refractivity contribution in [3.05, 3.63) is 29.8 Å². The third kappa shape index (κ3) is 3.17. The summed E-state index contributed by atoms with van der Waals surface area (Å²) in [7, 11) is 2.10. The maximum Gasteiger partial charge on any atom is 0.0138 e. The van der Waals surface area contributed by atoms with Gasteiger partial charge in [-0.2, -0.15) is 0 Å². The zero-order valence-electron chi connectivity index (χ0n) is 11.9. The van der Waals surface area contributed by atoms with E-state index in [2.05, 4.69) is 48.4 Å². The van der Waals surface area contributed by atoms with Crippen molar-refractivity contribution in [1.82, 2.24) is 5.32 Å². The fraction of sp³-hybridized carbons (Fsp3) is 0.647. The van der Waals surface area contributed by atoms with E-state index in [1.807, 2.05) is 0 Å². The highest BCUT2D eigenvalue weighted by Gasteiger charge is 2.30. The van der Waals surface area contributed by atoms with Crippen LogP contribution in [-0.2, 0) is 6.42 Å². The second-order valence-electron chi connectivity index (χ2n) is 6.15. The Labute approximate surface area is 121 Å². The maximum absolute atomic E-state index is 3.40. The summed E-state index contributed by atoms with van der Waals surface area (Å²) in [4.78, 5) is 1.54. The molecule has 19 heavy (non-hydrogen) atoms. The standard InChI is InChI=1S/C17H25NS/c1-18-12-15-8-3-2-6-13(15)10-16-11-14-7-4-5-9-17(14)19-16/h4-5,7,9,13,15-16,18H,2-3,6,8,10-12H2,1H3. The summed E-state index contributed by atoms with van der Waals surface area (Å²) < 4.78 is 0. The number of nitrogens with one attached hydrogen (secondary N) is 1. The highest BCUT2D eigenvalue weighted by Crippen LogP contribution is 2.43. The highest BCUT2D eigenvalue weighted by molar-refractivity contribution is 8.00. The zero-order valence-corrected chi connectivity index (χ0v) is 12.7. The molecule has 3 unspecified atom stereocenters. The van der Waals surface area contributed by atoms with Gasteiger partial charge in [0.05, 0.1) is 0 Å². The molecular formula is C17H25NS. The average Bonchev–Trinajstić information content (AvgIpc) is 2.83. The smallest absolute Gasteiger partial charge is 0.0138 e. The molecule has 1 fully saturated rings. The fourth-order valence-corrected chi connectivity index (χ4v) is 5.27. The van der Waals surface area contributed by atoms with E-state index in [1.165, 1.54) is 50.0 Å². The molecule has 1 aliphatic carbocycles. The third-order valence-corrected chi connectivity index (χ3v) is 6.16. The van der Waals surface area contributed by atoms with Gasteiger partial charge in [0, 0.05) is 10.1 Å². The number of thioether (sulfide) groups is 1. The van der Waals surface area contributed by atoms with Gasteiger partial charge in [0.2, 0.25) is 0 Å². The molecule has 1 nitrogen and oxygen atoms in total. The maximum atomic E-state index is 3.40. The van der Waals surface area contributed by atoms with Gasteiger partial charge in [-0.05, 0) is 56.3 Å². The second-order valence-corrected chi connectivity index (χ2v) is 7.49. The monoisotopic (exact) mass is 275 g/mol.